The van der Waals surface area contributed by atoms with E-state index in [1.165, 1.54) is 12.1 Å². The standard InChI is InChI=1S/C18H14ClN3O4S/c19-11-5-6-12-10(7-11)8-14(20-12)17(23)22-15-9-27(25,26)16-4-2-1-3-13(16)21-18(15)24/h1-8,15,20H,9H2,(H,21,24)(H,22,23). The lowest BCUT2D eigenvalue weighted by Crippen LogP contribution is -2.46. The number of aromatic nitrogens is 1. The molecule has 0 bridgehead atoms. The molecule has 4 rings (SSSR count). The highest BCUT2D eigenvalue weighted by Crippen LogP contribution is 2.26. The van der Waals surface area contributed by atoms with Crippen LogP contribution in [-0.2, 0) is 14.6 Å². The number of benzene rings is 2. The highest BCUT2D eigenvalue weighted by molar-refractivity contribution is 7.91. The largest absolute Gasteiger partial charge is 0.351 e. The number of fused-ring (bicyclic) bond motifs is 2. The van der Waals surface area contributed by atoms with E-state index in [1.807, 2.05) is 0 Å². The molecule has 3 aromatic rings. The third-order valence-electron chi connectivity index (χ3n) is 4.32. The predicted octanol–water partition coefficient (Wildman–Crippen LogP) is 2.35. The molecule has 2 amide bonds. The maximum atomic E-state index is 12.6. The first kappa shape index (κ1) is 17.6. The molecular formula is C18H14ClN3O4S. The van der Waals surface area contributed by atoms with Crippen LogP contribution in [0.5, 0.6) is 0 Å². The van der Waals surface area contributed by atoms with E-state index in [1.54, 1.807) is 36.4 Å². The van der Waals surface area contributed by atoms with Gasteiger partial charge in [-0.05, 0) is 36.4 Å². The average molecular weight is 404 g/mol. The van der Waals surface area contributed by atoms with E-state index in [4.69, 9.17) is 11.6 Å². The van der Waals surface area contributed by atoms with E-state index >= 15 is 0 Å². The smallest absolute Gasteiger partial charge is 0.268 e. The summed E-state index contributed by atoms with van der Waals surface area (Å²) in [6, 6.07) is 11.6. The van der Waals surface area contributed by atoms with Gasteiger partial charge in [-0.25, -0.2) is 8.42 Å². The summed E-state index contributed by atoms with van der Waals surface area (Å²) in [4.78, 5) is 28.0. The second-order valence-electron chi connectivity index (χ2n) is 6.21. The van der Waals surface area contributed by atoms with Gasteiger partial charge in [0.25, 0.3) is 5.91 Å². The van der Waals surface area contributed by atoms with E-state index in [2.05, 4.69) is 15.6 Å². The second-order valence-corrected chi connectivity index (χ2v) is 8.65. The van der Waals surface area contributed by atoms with Crippen molar-refractivity contribution in [1.29, 1.82) is 0 Å². The van der Waals surface area contributed by atoms with Gasteiger partial charge in [-0.2, -0.15) is 0 Å². The Kier molecular flexibility index (Phi) is 4.16. The van der Waals surface area contributed by atoms with Gasteiger partial charge >= 0.3 is 0 Å². The van der Waals surface area contributed by atoms with Crippen LogP contribution >= 0.6 is 11.6 Å². The second kappa shape index (κ2) is 6.40. The number of rotatable bonds is 2. The molecule has 0 fully saturated rings. The third-order valence-corrected chi connectivity index (χ3v) is 6.35. The lowest BCUT2D eigenvalue weighted by Gasteiger charge is -2.14. The lowest BCUT2D eigenvalue weighted by molar-refractivity contribution is -0.117. The fraction of sp³-hybridized carbons (Fsp3) is 0.111. The summed E-state index contributed by atoms with van der Waals surface area (Å²) in [7, 11) is -3.74. The number of para-hydroxylation sites is 1. The minimum atomic E-state index is -3.74. The van der Waals surface area contributed by atoms with Gasteiger partial charge in [0.2, 0.25) is 5.91 Å². The van der Waals surface area contributed by atoms with Crippen LogP contribution in [-0.4, -0.2) is 37.0 Å². The summed E-state index contributed by atoms with van der Waals surface area (Å²) in [5.74, 6) is -1.69. The number of carbonyl (C=O) groups excluding carboxylic acids is 2. The molecule has 2 aromatic carbocycles. The van der Waals surface area contributed by atoms with Gasteiger partial charge in [0, 0.05) is 15.9 Å². The van der Waals surface area contributed by atoms with Crippen molar-refractivity contribution in [2.45, 2.75) is 10.9 Å². The number of anilines is 1. The molecule has 1 aromatic heterocycles. The van der Waals surface area contributed by atoms with Gasteiger partial charge < -0.3 is 15.6 Å². The predicted molar refractivity (Wildman–Crippen MR) is 102 cm³/mol. The summed E-state index contributed by atoms with van der Waals surface area (Å²) in [5, 5.41) is 6.32. The molecule has 3 N–H and O–H groups in total. The van der Waals surface area contributed by atoms with Gasteiger partial charge in [0.1, 0.15) is 11.7 Å². The Bertz CT molecular complexity index is 1190. The SMILES string of the molecule is O=C(NC1CS(=O)(=O)c2ccccc2NC1=O)c1cc2cc(Cl)ccc2[nH]1. The Hall–Kier alpha value is -2.84. The van der Waals surface area contributed by atoms with Crippen molar-refractivity contribution in [1.82, 2.24) is 10.3 Å². The van der Waals surface area contributed by atoms with Crippen molar-refractivity contribution in [3.05, 3.63) is 59.2 Å². The molecular weight excluding hydrogens is 390 g/mol. The molecule has 1 atom stereocenters. The van der Waals surface area contributed by atoms with E-state index < -0.39 is 33.4 Å². The van der Waals surface area contributed by atoms with Crippen molar-refractivity contribution < 1.29 is 18.0 Å². The van der Waals surface area contributed by atoms with Crippen molar-refractivity contribution >= 4 is 49.8 Å². The van der Waals surface area contributed by atoms with Gasteiger partial charge in [-0.1, -0.05) is 23.7 Å². The zero-order valence-corrected chi connectivity index (χ0v) is 15.4. The van der Waals surface area contributed by atoms with Gasteiger partial charge in [-0.3, -0.25) is 9.59 Å². The lowest BCUT2D eigenvalue weighted by atomic mass is 10.2. The molecule has 0 aliphatic carbocycles. The summed E-state index contributed by atoms with van der Waals surface area (Å²) < 4.78 is 25.2. The maximum Gasteiger partial charge on any atom is 0.268 e. The number of hydrogen-bond acceptors (Lipinski definition) is 4. The first-order valence-electron chi connectivity index (χ1n) is 8.05. The van der Waals surface area contributed by atoms with Crippen molar-refractivity contribution in [3.8, 4) is 0 Å². The molecule has 1 unspecified atom stereocenters. The van der Waals surface area contributed by atoms with Gasteiger partial charge in [0.15, 0.2) is 9.84 Å². The van der Waals surface area contributed by atoms with E-state index in [-0.39, 0.29) is 16.3 Å². The zero-order valence-electron chi connectivity index (χ0n) is 13.8. The fourth-order valence-corrected chi connectivity index (χ4v) is 4.79. The number of H-pyrrole nitrogens is 1. The molecule has 0 saturated heterocycles. The Labute approximate surface area is 159 Å². The maximum absolute atomic E-state index is 12.6. The minimum Gasteiger partial charge on any atom is -0.351 e. The number of halogens is 1. The minimum absolute atomic E-state index is 0.0374. The Balaban J connectivity index is 1.61. The number of amides is 2. The summed E-state index contributed by atoms with van der Waals surface area (Å²) in [6.07, 6.45) is 0. The molecule has 9 heteroatoms. The number of aromatic amines is 1. The van der Waals surface area contributed by atoms with Crippen LogP contribution < -0.4 is 10.6 Å². The molecule has 138 valence electrons. The van der Waals surface area contributed by atoms with E-state index in [0.717, 1.165) is 5.39 Å². The van der Waals surface area contributed by atoms with Crippen LogP contribution in [0.4, 0.5) is 5.69 Å². The Morgan fingerprint density at radius 3 is 2.74 bits per heavy atom. The molecule has 2 heterocycles. The highest BCUT2D eigenvalue weighted by atomic mass is 35.5. The van der Waals surface area contributed by atoms with Crippen molar-refractivity contribution in [2.75, 3.05) is 11.1 Å². The molecule has 1 aliphatic heterocycles. The van der Waals surface area contributed by atoms with Crippen LogP contribution in [0, 0.1) is 0 Å². The van der Waals surface area contributed by atoms with Crippen molar-refractivity contribution in [3.63, 3.8) is 0 Å². The van der Waals surface area contributed by atoms with Crippen LogP contribution in [0.25, 0.3) is 10.9 Å². The number of sulfone groups is 1. The molecule has 7 nitrogen and oxygen atoms in total. The van der Waals surface area contributed by atoms with Gasteiger partial charge in [0.05, 0.1) is 16.3 Å². The summed E-state index contributed by atoms with van der Waals surface area (Å²) >= 11 is 5.94. The Morgan fingerprint density at radius 1 is 1.15 bits per heavy atom. The number of hydrogen-bond donors (Lipinski definition) is 3. The van der Waals surface area contributed by atoms with Crippen LogP contribution in [0.15, 0.2) is 53.4 Å². The first-order chi connectivity index (χ1) is 12.8. The van der Waals surface area contributed by atoms with Crippen LogP contribution in [0.3, 0.4) is 0 Å². The molecule has 0 spiro atoms. The fourth-order valence-electron chi connectivity index (χ4n) is 3.01. The quantitative estimate of drug-likeness (QED) is 0.610. The molecule has 27 heavy (non-hydrogen) atoms. The molecule has 1 aliphatic rings. The molecule has 0 radical (unpaired) electrons. The average Bonchev–Trinajstić information content (AvgIpc) is 3.00. The van der Waals surface area contributed by atoms with Crippen LogP contribution in [0.1, 0.15) is 10.5 Å². The summed E-state index contributed by atoms with van der Waals surface area (Å²) in [6.45, 7) is 0. The first-order valence-corrected chi connectivity index (χ1v) is 10.1. The zero-order chi connectivity index (χ0) is 19.2. The van der Waals surface area contributed by atoms with Crippen molar-refractivity contribution in [2.24, 2.45) is 0 Å². The van der Waals surface area contributed by atoms with Gasteiger partial charge in [-0.15, -0.1) is 0 Å². The highest BCUT2D eigenvalue weighted by Gasteiger charge is 2.34. The summed E-state index contributed by atoms with van der Waals surface area (Å²) in [5.41, 5.74) is 1.12. The third kappa shape index (κ3) is 3.29. The number of carbonyl (C=O) groups is 2. The van der Waals surface area contributed by atoms with Crippen LogP contribution in [0.2, 0.25) is 5.02 Å². The normalized spacial score (nSPS) is 18.4. The monoisotopic (exact) mass is 403 g/mol. The Morgan fingerprint density at radius 2 is 1.93 bits per heavy atom. The number of nitrogens with one attached hydrogen (secondary N) is 3. The van der Waals surface area contributed by atoms with E-state index in [9.17, 15) is 18.0 Å². The molecule has 0 saturated carbocycles. The van der Waals surface area contributed by atoms with E-state index in [0.29, 0.717) is 10.5 Å². The topological polar surface area (TPSA) is 108 Å².